The lowest BCUT2D eigenvalue weighted by Crippen LogP contribution is -2.00. The molecule has 2 rings (SSSR count). The van der Waals surface area contributed by atoms with Crippen LogP contribution in [0.3, 0.4) is 0 Å². The van der Waals surface area contributed by atoms with Gasteiger partial charge in [-0.25, -0.2) is 0 Å². The number of nitrogens with zero attached hydrogens (tertiary/aromatic N) is 3. The predicted molar refractivity (Wildman–Crippen MR) is 69.2 cm³/mol. The Morgan fingerprint density at radius 3 is 2.45 bits per heavy atom. The van der Waals surface area contributed by atoms with Crippen molar-refractivity contribution in [3.63, 3.8) is 0 Å². The van der Waals surface area contributed by atoms with Gasteiger partial charge >= 0.3 is 18.0 Å². The Hall–Kier alpha value is -2.41. The van der Waals surface area contributed by atoms with Gasteiger partial charge in [0.05, 0.1) is 13.5 Å². The van der Waals surface area contributed by atoms with Crippen LogP contribution in [0.1, 0.15) is 5.56 Å². The number of methoxy groups -OCH3 is 1. The van der Waals surface area contributed by atoms with Crippen LogP contribution in [-0.2, 0) is 11.2 Å². The number of aromatic nitrogens is 3. The number of hydrogen-bond donors (Lipinski definition) is 1. The van der Waals surface area contributed by atoms with Gasteiger partial charge in [0, 0.05) is 0 Å². The van der Waals surface area contributed by atoms with E-state index >= 15 is 0 Å². The van der Waals surface area contributed by atoms with E-state index in [-0.39, 0.29) is 23.7 Å². The molecular weight excluding hydrogens is 286 g/mol. The highest BCUT2D eigenvalue weighted by Crippen LogP contribution is 2.21. The van der Waals surface area contributed by atoms with Crippen molar-refractivity contribution in [1.82, 2.24) is 15.0 Å². The maximum absolute atomic E-state index is 10.6. The molecule has 0 bridgehead atoms. The molecule has 0 atom stereocenters. The first-order chi connectivity index (χ1) is 9.56. The summed E-state index contributed by atoms with van der Waals surface area (Å²) in [5, 5.41) is 8.63. The second-order valence-electron chi connectivity index (χ2n) is 3.69. The summed E-state index contributed by atoms with van der Waals surface area (Å²) in [6, 6.07) is 6.55. The summed E-state index contributed by atoms with van der Waals surface area (Å²) < 4.78 is 10.2. The van der Waals surface area contributed by atoms with Gasteiger partial charge in [-0.3, -0.25) is 4.79 Å². The molecule has 0 unspecified atom stereocenters. The van der Waals surface area contributed by atoms with Gasteiger partial charge in [-0.05, 0) is 29.3 Å². The Kier molecular flexibility index (Phi) is 4.31. The smallest absolute Gasteiger partial charge is 0.329 e. The molecule has 0 saturated carbocycles. The van der Waals surface area contributed by atoms with Crippen molar-refractivity contribution < 1.29 is 19.4 Å². The van der Waals surface area contributed by atoms with Crippen molar-refractivity contribution in [2.75, 3.05) is 7.11 Å². The molecule has 0 aliphatic rings. The van der Waals surface area contributed by atoms with Crippen LogP contribution in [0.15, 0.2) is 24.3 Å². The molecule has 8 heteroatoms. The molecule has 0 amide bonds. The van der Waals surface area contributed by atoms with E-state index in [0.29, 0.717) is 11.3 Å². The van der Waals surface area contributed by atoms with Crippen molar-refractivity contribution in [3.05, 3.63) is 35.1 Å². The van der Waals surface area contributed by atoms with E-state index in [4.69, 9.17) is 26.2 Å². The summed E-state index contributed by atoms with van der Waals surface area (Å²) in [5.74, 6) is -0.448. The van der Waals surface area contributed by atoms with Gasteiger partial charge in [-0.1, -0.05) is 12.1 Å². The number of aliphatic carboxylic acids is 1. The van der Waals surface area contributed by atoms with E-state index in [1.807, 2.05) is 0 Å². The van der Waals surface area contributed by atoms with Crippen molar-refractivity contribution in [1.29, 1.82) is 0 Å². The zero-order valence-corrected chi connectivity index (χ0v) is 11.2. The number of rotatable bonds is 5. The van der Waals surface area contributed by atoms with Gasteiger partial charge in [-0.2, -0.15) is 9.97 Å². The molecular formula is C12H10ClN3O4. The molecule has 0 aliphatic heterocycles. The molecule has 0 aliphatic carbocycles. The largest absolute Gasteiger partial charge is 0.481 e. The van der Waals surface area contributed by atoms with E-state index < -0.39 is 5.97 Å². The third-order valence-electron chi connectivity index (χ3n) is 2.24. The average molecular weight is 296 g/mol. The van der Waals surface area contributed by atoms with Crippen LogP contribution in [-0.4, -0.2) is 33.1 Å². The summed E-state index contributed by atoms with van der Waals surface area (Å²) in [6.07, 6.45) is -0.0499. The lowest BCUT2D eigenvalue weighted by Gasteiger charge is -2.05. The molecule has 0 fully saturated rings. The fraction of sp³-hybridized carbons (Fsp3) is 0.167. The average Bonchev–Trinajstić information content (AvgIpc) is 2.39. The van der Waals surface area contributed by atoms with E-state index in [2.05, 4.69) is 15.0 Å². The molecule has 104 valence electrons. The minimum absolute atomic E-state index is 0.00663. The fourth-order valence-electron chi connectivity index (χ4n) is 1.41. The molecule has 1 heterocycles. The van der Waals surface area contributed by atoms with Crippen molar-refractivity contribution in [3.8, 4) is 17.8 Å². The Bertz CT molecular complexity index is 619. The van der Waals surface area contributed by atoms with Crippen LogP contribution >= 0.6 is 11.6 Å². The third kappa shape index (κ3) is 3.79. The molecule has 0 spiro atoms. The van der Waals surface area contributed by atoms with Crippen LogP contribution in [0, 0.1) is 0 Å². The van der Waals surface area contributed by atoms with Gasteiger partial charge < -0.3 is 14.6 Å². The SMILES string of the molecule is COc1nc(Cl)nc(Oc2ccc(CC(=O)O)cc2)n1. The highest BCUT2D eigenvalue weighted by molar-refractivity contribution is 6.28. The first-order valence-corrected chi connectivity index (χ1v) is 5.89. The number of carboxylic acid groups (broad SMARTS) is 1. The maximum atomic E-state index is 10.6. The summed E-state index contributed by atoms with van der Waals surface area (Å²) in [4.78, 5) is 22.0. The number of carbonyl (C=O) groups is 1. The van der Waals surface area contributed by atoms with Crippen molar-refractivity contribution in [2.45, 2.75) is 6.42 Å². The molecule has 20 heavy (non-hydrogen) atoms. The normalized spacial score (nSPS) is 10.1. The Balaban J connectivity index is 2.13. The molecule has 0 saturated heterocycles. The zero-order valence-electron chi connectivity index (χ0n) is 10.4. The van der Waals surface area contributed by atoms with Crippen LogP contribution in [0.5, 0.6) is 17.8 Å². The maximum Gasteiger partial charge on any atom is 0.329 e. The number of carboxylic acids is 1. The van der Waals surface area contributed by atoms with Crippen LogP contribution in [0.4, 0.5) is 0 Å². The highest BCUT2D eigenvalue weighted by atomic mass is 35.5. The number of hydrogen-bond acceptors (Lipinski definition) is 6. The van der Waals surface area contributed by atoms with Crippen LogP contribution in [0.25, 0.3) is 0 Å². The second-order valence-corrected chi connectivity index (χ2v) is 4.03. The zero-order chi connectivity index (χ0) is 14.5. The summed E-state index contributed by atoms with van der Waals surface area (Å²) in [6.45, 7) is 0. The number of halogens is 1. The van der Waals surface area contributed by atoms with Gasteiger partial charge in [-0.15, -0.1) is 4.98 Å². The van der Waals surface area contributed by atoms with Gasteiger partial charge in [0.2, 0.25) is 5.28 Å². The summed E-state index contributed by atoms with van der Waals surface area (Å²) in [7, 11) is 1.40. The van der Waals surface area contributed by atoms with Gasteiger partial charge in [0.1, 0.15) is 5.75 Å². The first-order valence-electron chi connectivity index (χ1n) is 5.51. The molecule has 2 aromatic rings. The fourth-order valence-corrected chi connectivity index (χ4v) is 1.55. The Morgan fingerprint density at radius 2 is 1.85 bits per heavy atom. The monoisotopic (exact) mass is 295 g/mol. The minimum atomic E-state index is -0.896. The van der Waals surface area contributed by atoms with Crippen molar-refractivity contribution in [2.24, 2.45) is 0 Å². The lowest BCUT2D eigenvalue weighted by molar-refractivity contribution is -0.136. The van der Waals surface area contributed by atoms with Crippen LogP contribution in [0.2, 0.25) is 5.28 Å². The number of benzene rings is 1. The highest BCUT2D eigenvalue weighted by Gasteiger charge is 2.08. The predicted octanol–water partition coefficient (Wildman–Crippen LogP) is 1.95. The summed E-state index contributed by atoms with van der Waals surface area (Å²) >= 11 is 5.69. The Morgan fingerprint density at radius 1 is 1.20 bits per heavy atom. The van der Waals surface area contributed by atoms with E-state index in [1.54, 1.807) is 24.3 Å². The molecule has 1 aromatic carbocycles. The van der Waals surface area contributed by atoms with Gasteiger partial charge in [0.25, 0.3) is 0 Å². The van der Waals surface area contributed by atoms with E-state index in [9.17, 15) is 4.79 Å². The lowest BCUT2D eigenvalue weighted by atomic mass is 10.1. The quantitative estimate of drug-likeness (QED) is 0.900. The van der Waals surface area contributed by atoms with Crippen LogP contribution < -0.4 is 9.47 Å². The molecule has 7 nitrogen and oxygen atoms in total. The Labute approximate surface area is 119 Å². The summed E-state index contributed by atoms with van der Waals surface area (Å²) in [5.41, 5.74) is 0.663. The standard InChI is InChI=1S/C12H10ClN3O4/c1-19-11-14-10(13)15-12(16-11)20-8-4-2-7(3-5-8)6-9(17)18/h2-5H,6H2,1H3,(H,17,18). The van der Waals surface area contributed by atoms with E-state index in [0.717, 1.165) is 0 Å². The molecule has 0 radical (unpaired) electrons. The third-order valence-corrected chi connectivity index (χ3v) is 2.41. The number of ether oxygens (including phenoxy) is 2. The van der Waals surface area contributed by atoms with Gasteiger partial charge in [0.15, 0.2) is 0 Å². The topological polar surface area (TPSA) is 94.4 Å². The second kappa shape index (κ2) is 6.16. The molecule has 1 N–H and O–H groups in total. The van der Waals surface area contributed by atoms with Crippen molar-refractivity contribution >= 4 is 17.6 Å². The molecule has 1 aromatic heterocycles. The minimum Gasteiger partial charge on any atom is -0.481 e. The first kappa shape index (κ1) is 14.0. The van der Waals surface area contributed by atoms with E-state index in [1.165, 1.54) is 7.11 Å².